The van der Waals surface area contributed by atoms with E-state index in [0.29, 0.717) is 16.8 Å². The van der Waals surface area contributed by atoms with Gasteiger partial charge in [-0.3, -0.25) is 9.62 Å². The average molecular weight is 499 g/mol. The van der Waals surface area contributed by atoms with Crippen LogP contribution in [0.5, 0.6) is 0 Å². The van der Waals surface area contributed by atoms with E-state index < -0.39 is 27.8 Å². The van der Waals surface area contributed by atoms with Crippen LogP contribution in [0.4, 0.5) is 30.8 Å². The van der Waals surface area contributed by atoms with Gasteiger partial charge >= 0.3 is 6.18 Å². The van der Waals surface area contributed by atoms with E-state index in [2.05, 4.69) is 19.6 Å². The Kier molecular flexibility index (Phi) is 5.74. The van der Waals surface area contributed by atoms with E-state index in [9.17, 15) is 21.6 Å². The third-order valence-electron chi connectivity index (χ3n) is 5.21. The van der Waals surface area contributed by atoms with Crippen molar-refractivity contribution in [3.05, 3.63) is 88.0 Å². The molecule has 0 saturated carbocycles. The molecule has 2 heterocycles. The van der Waals surface area contributed by atoms with Gasteiger partial charge in [-0.2, -0.15) is 23.4 Å². The number of halogens is 3. The SMILES string of the molecule is [C-]#[N+]C1=C(C)N(c2cccc(C(F)(F)F)c2)c2nc(NS(C)(=O)=O)nn2[C@@H]1c1ccc(C#N)cc1. The van der Waals surface area contributed by atoms with Gasteiger partial charge in [-0.15, -0.1) is 5.10 Å². The Bertz CT molecular complexity index is 1530. The first-order chi connectivity index (χ1) is 16.4. The van der Waals surface area contributed by atoms with Gasteiger partial charge in [0.1, 0.15) is 6.04 Å². The van der Waals surface area contributed by atoms with Crippen molar-refractivity contribution in [2.75, 3.05) is 15.9 Å². The van der Waals surface area contributed by atoms with Crippen LogP contribution in [-0.4, -0.2) is 29.4 Å². The fourth-order valence-electron chi connectivity index (χ4n) is 3.74. The number of hydrogen-bond donors (Lipinski definition) is 1. The van der Waals surface area contributed by atoms with Gasteiger partial charge in [0, 0.05) is 11.4 Å². The number of nitrogens with one attached hydrogen (secondary N) is 1. The molecule has 0 amide bonds. The molecule has 1 aromatic heterocycles. The third-order valence-corrected chi connectivity index (χ3v) is 5.76. The molecule has 1 aliphatic rings. The summed E-state index contributed by atoms with van der Waals surface area (Å²) in [6.07, 6.45) is -3.70. The number of sulfonamides is 1. The van der Waals surface area contributed by atoms with Crippen LogP contribution in [0.1, 0.15) is 29.7 Å². The lowest BCUT2D eigenvalue weighted by Gasteiger charge is -2.34. The highest BCUT2D eigenvalue weighted by atomic mass is 32.2. The van der Waals surface area contributed by atoms with Gasteiger partial charge in [-0.25, -0.2) is 17.9 Å². The van der Waals surface area contributed by atoms with E-state index in [4.69, 9.17) is 11.8 Å². The number of allylic oxidation sites excluding steroid dienone is 2. The normalized spacial score (nSPS) is 15.9. The van der Waals surface area contributed by atoms with Gasteiger partial charge in [0.05, 0.1) is 30.0 Å². The first-order valence-corrected chi connectivity index (χ1v) is 11.8. The summed E-state index contributed by atoms with van der Waals surface area (Å²) in [5.74, 6) is -0.299. The van der Waals surface area contributed by atoms with Crippen LogP contribution in [0.15, 0.2) is 59.9 Å². The first kappa shape index (κ1) is 23.8. The molecular formula is C22H16F3N7O2S. The number of fused-ring (bicyclic) bond motifs is 1. The van der Waals surface area contributed by atoms with Gasteiger partial charge in [0.2, 0.25) is 21.7 Å². The highest BCUT2D eigenvalue weighted by Crippen LogP contribution is 2.44. The number of aromatic nitrogens is 3. The van der Waals surface area contributed by atoms with Gasteiger partial charge in [-0.05, 0) is 42.8 Å². The maximum atomic E-state index is 13.4. The Hall–Kier alpha value is -4.36. The number of anilines is 3. The largest absolute Gasteiger partial charge is 0.416 e. The topological polar surface area (TPSA) is 108 Å². The van der Waals surface area contributed by atoms with Crippen LogP contribution >= 0.6 is 0 Å². The third kappa shape index (κ3) is 4.54. The molecule has 1 aliphatic heterocycles. The molecule has 0 fully saturated rings. The quantitative estimate of drug-likeness (QED) is 0.532. The van der Waals surface area contributed by atoms with E-state index in [-0.39, 0.29) is 23.3 Å². The number of nitrogens with zero attached hydrogens (tertiary/aromatic N) is 6. The Morgan fingerprint density at radius 2 is 1.89 bits per heavy atom. The molecule has 1 atom stereocenters. The molecule has 0 aliphatic carbocycles. The van der Waals surface area contributed by atoms with E-state index >= 15 is 0 Å². The van der Waals surface area contributed by atoms with Crippen molar-refractivity contribution in [3.63, 3.8) is 0 Å². The second-order valence-electron chi connectivity index (χ2n) is 7.66. The predicted octanol–water partition coefficient (Wildman–Crippen LogP) is 4.43. The van der Waals surface area contributed by atoms with Gasteiger partial charge in [0.25, 0.3) is 5.95 Å². The summed E-state index contributed by atoms with van der Waals surface area (Å²) in [5, 5.41) is 13.3. The maximum Gasteiger partial charge on any atom is 0.416 e. The second-order valence-corrected chi connectivity index (χ2v) is 9.40. The minimum atomic E-state index is -4.60. The number of alkyl halides is 3. The lowest BCUT2D eigenvalue weighted by atomic mass is 9.99. The summed E-state index contributed by atoms with van der Waals surface area (Å²) < 4.78 is 67.2. The molecule has 13 heteroatoms. The summed E-state index contributed by atoms with van der Waals surface area (Å²) >= 11 is 0. The zero-order chi connectivity index (χ0) is 25.5. The zero-order valence-electron chi connectivity index (χ0n) is 18.2. The first-order valence-electron chi connectivity index (χ1n) is 9.93. The van der Waals surface area contributed by atoms with E-state index in [1.807, 2.05) is 6.07 Å². The molecule has 35 heavy (non-hydrogen) atoms. The van der Waals surface area contributed by atoms with Crippen LogP contribution in [0, 0.1) is 17.9 Å². The second kappa shape index (κ2) is 8.45. The minimum absolute atomic E-state index is 0.00901. The lowest BCUT2D eigenvalue weighted by Crippen LogP contribution is -2.30. The Morgan fingerprint density at radius 3 is 2.46 bits per heavy atom. The van der Waals surface area contributed by atoms with E-state index in [1.54, 1.807) is 31.2 Å². The van der Waals surface area contributed by atoms with Gasteiger partial charge < -0.3 is 0 Å². The average Bonchev–Trinajstić information content (AvgIpc) is 3.18. The Morgan fingerprint density at radius 1 is 1.20 bits per heavy atom. The lowest BCUT2D eigenvalue weighted by molar-refractivity contribution is -0.137. The van der Waals surface area contributed by atoms with Crippen LogP contribution in [0.3, 0.4) is 0 Å². The van der Waals surface area contributed by atoms with Crippen molar-refractivity contribution >= 4 is 27.6 Å². The van der Waals surface area contributed by atoms with Crippen molar-refractivity contribution in [2.45, 2.75) is 19.1 Å². The molecule has 9 nitrogen and oxygen atoms in total. The predicted molar refractivity (Wildman–Crippen MR) is 121 cm³/mol. The maximum absolute atomic E-state index is 13.4. The monoisotopic (exact) mass is 499 g/mol. The minimum Gasteiger partial charge on any atom is -0.294 e. The van der Waals surface area contributed by atoms with Gasteiger partial charge in [0.15, 0.2) is 0 Å². The van der Waals surface area contributed by atoms with E-state index in [0.717, 1.165) is 18.4 Å². The van der Waals surface area contributed by atoms with Crippen LogP contribution < -0.4 is 9.62 Å². The molecule has 178 valence electrons. The van der Waals surface area contributed by atoms with Crippen LogP contribution in [0.25, 0.3) is 4.85 Å². The number of nitriles is 1. The van der Waals surface area contributed by atoms with Crippen LogP contribution in [0.2, 0.25) is 0 Å². The van der Waals surface area contributed by atoms with Crippen LogP contribution in [-0.2, 0) is 16.2 Å². The molecule has 0 bridgehead atoms. The summed E-state index contributed by atoms with van der Waals surface area (Å²) in [6.45, 7) is 9.37. The molecule has 0 unspecified atom stereocenters. The number of rotatable bonds is 4. The molecular weight excluding hydrogens is 483 g/mol. The van der Waals surface area contributed by atoms with Gasteiger partial charge in [-0.1, -0.05) is 18.2 Å². The molecule has 0 spiro atoms. The number of hydrogen-bond acceptors (Lipinski definition) is 6. The Balaban J connectivity index is 1.97. The van der Waals surface area contributed by atoms with Crippen molar-refractivity contribution in [1.82, 2.24) is 14.8 Å². The summed E-state index contributed by atoms with van der Waals surface area (Å²) in [4.78, 5) is 9.19. The zero-order valence-corrected chi connectivity index (χ0v) is 19.1. The number of benzene rings is 2. The molecule has 4 rings (SSSR count). The molecule has 0 saturated heterocycles. The molecule has 3 aromatic rings. The smallest absolute Gasteiger partial charge is 0.294 e. The highest BCUT2D eigenvalue weighted by molar-refractivity contribution is 7.91. The standard InChI is InChI=1S/C22H16F3N7O2S/c1-13-18(27-2)19(15-9-7-14(12-26)8-10-15)32-21(28-20(29-32)30-35(3,33)34)31(13)17-6-4-5-16(11-17)22(23,24)25/h4-11,19H,1,3H3,(H,29,30)/t19-/m1/s1. The molecule has 1 N–H and O–H groups in total. The van der Waals surface area contributed by atoms with Crippen molar-refractivity contribution in [1.29, 1.82) is 5.26 Å². The van der Waals surface area contributed by atoms with E-state index in [1.165, 1.54) is 21.7 Å². The fourth-order valence-corrected chi connectivity index (χ4v) is 4.16. The fraction of sp³-hybridized carbons (Fsp3) is 0.182. The molecule has 0 radical (unpaired) electrons. The summed E-state index contributed by atoms with van der Waals surface area (Å²) in [7, 11) is -3.77. The van der Waals surface area contributed by atoms with Crippen molar-refractivity contribution in [2.24, 2.45) is 0 Å². The Labute approximate surface area is 198 Å². The van der Waals surface area contributed by atoms with Crippen molar-refractivity contribution in [3.8, 4) is 6.07 Å². The summed E-state index contributed by atoms with van der Waals surface area (Å²) in [5.41, 5.74) is 0.529. The van der Waals surface area contributed by atoms with Crippen molar-refractivity contribution < 1.29 is 21.6 Å². The summed E-state index contributed by atoms with van der Waals surface area (Å²) in [6, 6.07) is 12.0. The molecule has 2 aromatic carbocycles. The highest BCUT2D eigenvalue weighted by Gasteiger charge is 2.38.